The quantitative estimate of drug-likeness (QED) is 0.630. The molecular weight excluding hydrogens is 272 g/mol. The highest BCUT2D eigenvalue weighted by molar-refractivity contribution is 5.67. The third kappa shape index (κ3) is 5.61. The number of anilines is 1. The number of carbonyl (C=O) groups is 1. The molecule has 1 aromatic rings. The van der Waals surface area contributed by atoms with E-state index >= 15 is 0 Å². The SMILES string of the molecule is Cc1ccc(C(O)C(O)CNC(=O)OC(C)(C)C)c(N)c1. The van der Waals surface area contributed by atoms with Crippen LogP contribution < -0.4 is 11.1 Å². The summed E-state index contributed by atoms with van der Waals surface area (Å²) >= 11 is 0. The number of amides is 1. The number of alkyl carbamates (subject to hydrolysis) is 1. The second kappa shape index (κ2) is 6.78. The summed E-state index contributed by atoms with van der Waals surface area (Å²) in [5.41, 5.74) is 6.99. The van der Waals surface area contributed by atoms with Crippen LogP contribution in [0.4, 0.5) is 10.5 Å². The van der Waals surface area contributed by atoms with Crippen molar-refractivity contribution in [3.05, 3.63) is 29.3 Å². The van der Waals surface area contributed by atoms with Crippen LogP contribution in [-0.4, -0.2) is 34.6 Å². The lowest BCUT2D eigenvalue weighted by Gasteiger charge is -2.23. The average molecular weight is 296 g/mol. The van der Waals surface area contributed by atoms with Gasteiger partial charge in [-0.25, -0.2) is 4.79 Å². The zero-order valence-corrected chi connectivity index (χ0v) is 12.9. The Labute approximate surface area is 124 Å². The molecule has 6 nitrogen and oxygen atoms in total. The van der Waals surface area contributed by atoms with Crippen LogP contribution in [0.25, 0.3) is 0 Å². The number of nitrogen functional groups attached to an aromatic ring is 1. The van der Waals surface area contributed by atoms with Gasteiger partial charge in [0.1, 0.15) is 17.8 Å². The minimum absolute atomic E-state index is 0.136. The van der Waals surface area contributed by atoms with Gasteiger partial charge in [0.2, 0.25) is 0 Å². The molecule has 2 atom stereocenters. The molecule has 0 radical (unpaired) electrons. The molecule has 0 aromatic heterocycles. The molecule has 0 saturated heterocycles. The van der Waals surface area contributed by atoms with Crippen LogP contribution >= 0.6 is 0 Å². The highest BCUT2D eigenvalue weighted by Gasteiger charge is 2.22. The van der Waals surface area contributed by atoms with Crippen LogP contribution in [0.15, 0.2) is 18.2 Å². The van der Waals surface area contributed by atoms with Crippen molar-refractivity contribution in [1.82, 2.24) is 5.32 Å². The molecule has 0 aliphatic carbocycles. The van der Waals surface area contributed by atoms with Gasteiger partial charge in [-0.1, -0.05) is 12.1 Å². The summed E-state index contributed by atoms with van der Waals surface area (Å²) in [6.45, 7) is 6.97. The molecule has 0 spiro atoms. The van der Waals surface area contributed by atoms with Crippen molar-refractivity contribution in [2.45, 2.75) is 45.5 Å². The smallest absolute Gasteiger partial charge is 0.407 e. The number of aryl methyl sites for hydroxylation is 1. The van der Waals surface area contributed by atoms with E-state index in [2.05, 4.69) is 5.32 Å². The maximum atomic E-state index is 11.5. The molecule has 1 rings (SSSR count). The molecule has 0 aliphatic rings. The molecular formula is C15H24N2O4. The first-order valence-electron chi connectivity index (χ1n) is 6.79. The van der Waals surface area contributed by atoms with Gasteiger partial charge in [0.05, 0.1) is 0 Å². The number of nitrogens with two attached hydrogens (primary N) is 1. The summed E-state index contributed by atoms with van der Waals surface area (Å²) < 4.78 is 5.05. The Bertz CT molecular complexity index is 497. The maximum Gasteiger partial charge on any atom is 0.407 e. The van der Waals surface area contributed by atoms with Gasteiger partial charge < -0.3 is 26.0 Å². The van der Waals surface area contributed by atoms with Gasteiger partial charge in [-0.15, -0.1) is 0 Å². The molecule has 6 heteroatoms. The second-order valence-electron chi connectivity index (χ2n) is 6.03. The zero-order chi connectivity index (χ0) is 16.2. The molecule has 1 aromatic carbocycles. The molecule has 21 heavy (non-hydrogen) atoms. The Kier molecular flexibility index (Phi) is 5.57. The summed E-state index contributed by atoms with van der Waals surface area (Å²) in [6, 6.07) is 5.17. The standard InChI is InChI=1S/C15H24N2O4/c1-9-5-6-10(11(16)7-9)13(19)12(18)8-17-14(20)21-15(2,3)4/h5-7,12-13,18-19H,8,16H2,1-4H3,(H,17,20). The Morgan fingerprint density at radius 3 is 2.52 bits per heavy atom. The number of hydrogen-bond acceptors (Lipinski definition) is 5. The molecule has 0 aliphatic heterocycles. The summed E-state index contributed by atoms with van der Waals surface area (Å²) in [5.74, 6) is 0. The first-order valence-corrected chi connectivity index (χ1v) is 6.79. The molecule has 2 unspecified atom stereocenters. The maximum absolute atomic E-state index is 11.5. The first kappa shape index (κ1) is 17.3. The van der Waals surface area contributed by atoms with Crippen LogP contribution in [0.5, 0.6) is 0 Å². The third-order valence-corrected chi connectivity index (χ3v) is 2.78. The van der Waals surface area contributed by atoms with Gasteiger partial charge in [-0.3, -0.25) is 0 Å². The molecule has 118 valence electrons. The fraction of sp³-hybridized carbons (Fsp3) is 0.533. The van der Waals surface area contributed by atoms with Gasteiger partial charge in [0.25, 0.3) is 0 Å². The van der Waals surface area contributed by atoms with E-state index in [0.717, 1.165) is 5.56 Å². The van der Waals surface area contributed by atoms with Crippen molar-refractivity contribution in [2.24, 2.45) is 0 Å². The molecule has 0 bridgehead atoms. The number of ether oxygens (including phenoxy) is 1. The van der Waals surface area contributed by atoms with Crippen molar-refractivity contribution in [1.29, 1.82) is 0 Å². The van der Waals surface area contributed by atoms with Gasteiger partial charge in [0, 0.05) is 17.8 Å². The first-order chi connectivity index (χ1) is 9.60. The molecule has 0 heterocycles. The van der Waals surface area contributed by atoms with Crippen molar-refractivity contribution in [2.75, 3.05) is 12.3 Å². The number of nitrogens with one attached hydrogen (secondary N) is 1. The summed E-state index contributed by atoms with van der Waals surface area (Å²) in [4.78, 5) is 11.5. The molecule has 1 amide bonds. The predicted octanol–water partition coefficient (Wildman–Crippen LogP) is 1.50. The van der Waals surface area contributed by atoms with Crippen molar-refractivity contribution in [3.63, 3.8) is 0 Å². The normalized spacial score (nSPS) is 14.4. The number of carbonyl (C=O) groups excluding carboxylic acids is 1. The van der Waals surface area contributed by atoms with Crippen molar-refractivity contribution < 1.29 is 19.7 Å². The minimum atomic E-state index is -1.18. The van der Waals surface area contributed by atoms with Crippen LogP contribution in [0, 0.1) is 6.92 Å². The van der Waals surface area contributed by atoms with E-state index in [9.17, 15) is 15.0 Å². The van der Waals surface area contributed by atoms with E-state index in [0.29, 0.717) is 11.3 Å². The van der Waals surface area contributed by atoms with Gasteiger partial charge in [-0.2, -0.15) is 0 Å². The van der Waals surface area contributed by atoms with E-state index in [1.54, 1.807) is 39.0 Å². The van der Waals surface area contributed by atoms with Crippen molar-refractivity contribution in [3.8, 4) is 0 Å². The van der Waals surface area contributed by atoms with E-state index in [1.165, 1.54) is 0 Å². The van der Waals surface area contributed by atoms with E-state index < -0.39 is 23.9 Å². The van der Waals surface area contributed by atoms with Gasteiger partial charge in [-0.05, 0) is 39.3 Å². The lowest BCUT2D eigenvalue weighted by molar-refractivity contribution is 0.0133. The van der Waals surface area contributed by atoms with Crippen molar-refractivity contribution >= 4 is 11.8 Å². The Hall–Kier alpha value is -1.79. The topological polar surface area (TPSA) is 105 Å². The lowest BCUT2D eigenvalue weighted by Crippen LogP contribution is -2.39. The van der Waals surface area contributed by atoms with E-state index in [1.807, 2.05) is 6.92 Å². The monoisotopic (exact) mass is 296 g/mol. The summed E-state index contributed by atoms with van der Waals surface area (Å²) in [7, 11) is 0. The van der Waals surface area contributed by atoms with E-state index in [-0.39, 0.29) is 6.54 Å². The number of aliphatic hydroxyl groups excluding tert-OH is 2. The number of benzene rings is 1. The van der Waals surface area contributed by atoms with Gasteiger partial charge >= 0.3 is 6.09 Å². The molecule has 0 saturated carbocycles. The zero-order valence-electron chi connectivity index (χ0n) is 12.9. The number of aliphatic hydroxyl groups is 2. The Balaban J connectivity index is 2.59. The lowest BCUT2D eigenvalue weighted by atomic mass is 10.0. The highest BCUT2D eigenvalue weighted by atomic mass is 16.6. The fourth-order valence-corrected chi connectivity index (χ4v) is 1.78. The predicted molar refractivity (Wildman–Crippen MR) is 80.8 cm³/mol. The minimum Gasteiger partial charge on any atom is -0.444 e. The van der Waals surface area contributed by atoms with Crippen LogP contribution in [0.1, 0.15) is 38.0 Å². The number of rotatable bonds is 4. The summed E-state index contributed by atoms with van der Waals surface area (Å²) in [6.07, 6.45) is -3.01. The largest absolute Gasteiger partial charge is 0.444 e. The fourth-order valence-electron chi connectivity index (χ4n) is 1.78. The van der Waals surface area contributed by atoms with Crippen LogP contribution in [0.2, 0.25) is 0 Å². The van der Waals surface area contributed by atoms with Crippen LogP contribution in [-0.2, 0) is 4.74 Å². The Morgan fingerprint density at radius 1 is 1.38 bits per heavy atom. The Morgan fingerprint density at radius 2 is 2.00 bits per heavy atom. The molecule has 0 fully saturated rings. The molecule has 5 N–H and O–H groups in total. The van der Waals surface area contributed by atoms with E-state index in [4.69, 9.17) is 10.5 Å². The van der Waals surface area contributed by atoms with Crippen LogP contribution in [0.3, 0.4) is 0 Å². The third-order valence-electron chi connectivity index (χ3n) is 2.78. The number of hydrogen-bond donors (Lipinski definition) is 4. The average Bonchev–Trinajstić information content (AvgIpc) is 2.33. The highest BCUT2D eigenvalue weighted by Crippen LogP contribution is 2.24. The second-order valence-corrected chi connectivity index (χ2v) is 6.03. The summed E-state index contributed by atoms with van der Waals surface area (Å²) in [5, 5.41) is 22.4. The van der Waals surface area contributed by atoms with Gasteiger partial charge in [0.15, 0.2) is 0 Å².